The second kappa shape index (κ2) is 6.96. The van der Waals surface area contributed by atoms with Gasteiger partial charge in [-0.3, -0.25) is 0 Å². The molecule has 5 heteroatoms. The fourth-order valence-corrected chi connectivity index (χ4v) is 2.40. The van der Waals surface area contributed by atoms with Crippen LogP contribution in [0.25, 0.3) is 0 Å². The van der Waals surface area contributed by atoms with E-state index in [0.29, 0.717) is 12.1 Å². The fourth-order valence-electron chi connectivity index (χ4n) is 2.21. The molecule has 1 N–H and O–H groups in total. The molecule has 2 rings (SSSR count). The molecule has 0 amide bonds. The summed E-state index contributed by atoms with van der Waals surface area (Å²) < 4.78 is 40.7. The summed E-state index contributed by atoms with van der Waals surface area (Å²) in [6.07, 6.45) is 0.119. The maximum absolute atomic E-state index is 13.8. The minimum Gasteiger partial charge on any atom is -0.310 e. The molecule has 0 aliphatic rings. The van der Waals surface area contributed by atoms with Gasteiger partial charge in [0.1, 0.15) is 17.5 Å². The van der Waals surface area contributed by atoms with Crippen molar-refractivity contribution in [2.75, 3.05) is 6.54 Å². The van der Waals surface area contributed by atoms with E-state index in [4.69, 9.17) is 11.6 Å². The van der Waals surface area contributed by atoms with Crippen LogP contribution in [0.15, 0.2) is 36.4 Å². The predicted molar refractivity (Wildman–Crippen MR) is 77.9 cm³/mol. The van der Waals surface area contributed by atoms with E-state index in [-0.39, 0.29) is 23.0 Å². The first-order chi connectivity index (χ1) is 10.0. The normalized spacial score (nSPS) is 12.4. The molecule has 112 valence electrons. The molecule has 0 aliphatic heterocycles. The zero-order chi connectivity index (χ0) is 15.4. The summed E-state index contributed by atoms with van der Waals surface area (Å²) in [5, 5.41) is 3.12. The summed E-state index contributed by atoms with van der Waals surface area (Å²) in [5.74, 6) is -1.70. The van der Waals surface area contributed by atoms with Crippen molar-refractivity contribution in [3.8, 4) is 0 Å². The Balaban J connectivity index is 2.33. The summed E-state index contributed by atoms with van der Waals surface area (Å²) in [5.41, 5.74) is 0.690. The minimum absolute atomic E-state index is 0.00361. The van der Waals surface area contributed by atoms with E-state index in [1.807, 2.05) is 6.92 Å². The molecular weight excluding hydrogens is 299 g/mol. The van der Waals surface area contributed by atoms with Gasteiger partial charge in [0.2, 0.25) is 0 Å². The number of likely N-dealkylation sites (N-methyl/N-ethyl adjacent to an activating group) is 1. The zero-order valence-corrected chi connectivity index (χ0v) is 12.2. The first kappa shape index (κ1) is 15.9. The average Bonchev–Trinajstić information content (AvgIpc) is 2.45. The monoisotopic (exact) mass is 313 g/mol. The van der Waals surface area contributed by atoms with Crippen LogP contribution in [0.4, 0.5) is 13.2 Å². The molecule has 0 saturated carbocycles. The van der Waals surface area contributed by atoms with Crippen LogP contribution >= 0.6 is 11.6 Å². The van der Waals surface area contributed by atoms with Gasteiger partial charge < -0.3 is 5.32 Å². The quantitative estimate of drug-likeness (QED) is 0.847. The third-order valence-corrected chi connectivity index (χ3v) is 3.56. The van der Waals surface area contributed by atoms with E-state index in [9.17, 15) is 13.2 Å². The highest BCUT2D eigenvalue weighted by Crippen LogP contribution is 2.25. The smallest absolute Gasteiger partial charge is 0.141 e. The highest BCUT2D eigenvalue weighted by Gasteiger charge is 2.17. The molecule has 0 bridgehead atoms. The molecule has 1 atom stereocenters. The topological polar surface area (TPSA) is 12.0 Å². The van der Waals surface area contributed by atoms with Crippen LogP contribution in [0.2, 0.25) is 5.02 Å². The van der Waals surface area contributed by atoms with Gasteiger partial charge in [-0.2, -0.15) is 0 Å². The highest BCUT2D eigenvalue weighted by atomic mass is 35.5. The Morgan fingerprint density at radius 2 is 1.71 bits per heavy atom. The van der Waals surface area contributed by atoms with Gasteiger partial charge in [-0.1, -0.05) is 30.7 Å². The van der Waals surface area contributed by atoms with Gasteiger partial charge >= 0.3 is 0 Å². The van der Waals surface area contributed by atoms with Gasteiger partial charge in [-0.05, 0) is 42.8 Å². The largest absolute Gasteiger partial charge is 0.310 e. The van der Waals surface area contributed by atoms with Crippen molar-refractivity contribution < 1.29 is 13.2 Å². The lowest BCUT2D eigenvalue weighted by Crippen LogP contribution is -2.24. The summed E-state index contributed by atoms with van der Waals surface area (Å²) in [4.78, 5) is 0. The van der Waals surface area contributed by atoms with Crippen molar-refractivity contribution in [3.63, 3.8) is 0 Å². The Morgan fingerprint density at radius 3 is 2.29 bits per heavy atom. The summed E-state index contributed by atoms with van der Waals surface area (Å²) >= 11 is 5.77. The number of rotatable bonds is 5. The van der Waals surface area contributed by atoms with E-state index in [0.717, 1.165) is 0 Å². The van der Waals surface area contributed by atoms with Gasteiger partial charge in [-0.15, -0.1) is 0 Å². The zero-order valence-electron chi connectivity index (χ0n) is 11.5. The molecule has 21 heavy (non-hydrogen) atoms. The Bertz CT molecular complexity index is 611. The van der Waals surface area contributed by atoms with Crippen molar-refractivity contribution in [2.24, 2.45) is 0 Å². The molecule has 2 aromatic rings. The van der Waals surface area contributed by atoms with Crippen molar-refractivity contribution in [2.45, 2.75) is 19.4 Å². The number of hydrogen-bond acceptors (Lipinski definition) is 1. The lowest BCUT2D eigenvalue weighted by molar-refractivity contribution is 0.499. The maximum Gasteiger partial charge on any atom is 0.141 e. The fraction of sp³-hybridized carbons (Fsp3) is 0.250. The van der Waals surface area contributed by atoms with Crippen LogP contribution in [0.5, 0.6) is 0 Å². The van der Waals surface area contributed by atoms with Crippen LogP contribution in [0, 0.1) is 17.5 Å². The SMILES string of the molecule is CCNC(Cc1c(F)cccc1F)c1ccc(F)c(Cl)c1. The van der Waals surface area contributed by atoms with Gasteiger partial charge in [0.15, 0.2) is 0 Å². The Morgan fingerprint density at radius 1 is 1.05 bits per heavy atom. The van der Waals surface area contributed by atoms with Gasteiger partial charge in [-0.25, -0.2) is 13.2 Å². The molecule has 0 radical (unpaired) electrons. The van der Waals surface area contributed by atoms with E-state index in [1.165, 1.54) is 30.3 Å². The highest BCUT2D eigenvalue weighted by molar-refractivity contribution is 6.30. The predicted octanol–water partition coefficient (Wildman–Crippen LogP) is 4.65. The third-order valence-electron chi connectivity index (χ3n) is 3.27. The summed E-state index contributed by atoms with van der Waals surface area (Å²) in [6, 6.07) is 7.71. The Kier molecular flexibility index (Phi) is 5.26. The van der Waals surface area contributed by atoms with E-state index in [2.05, 4.69) is 5.32 Å². The van der Waals surface area contributed by atoms with Gasteiger partial charge in [0.05, 0.1) is 5.02 Å². The summed E-state index contributed by atoms with van der Waals surface area (Å²) in [6.45, 7) is 2.49. The second-order valence-electron chi connectivity index (χ2n) is 4.69. The Hall–Kier alpha value is -1.52. The number of halogens is 4. The number of nitrogens with one attached hydrogen (secondary N) is 1. The molecule has 0 fully saturated rings. The van der Waals surface area contributed by atoms with E-state index in [1.54, 1.807) is 6.07 Å². The molecule has 0 heterocycles. The van der Waals surface area contributed by atoms with Crippen LogP contribution < -0.4 is 5.32 Å². The van der Waals surface area contributed by atoms with Gasteiger partial charge in [0, 0.05) is 11.6 Å². The van der Waals surface area contributed by atoms with Crippen LogP contribution in [-0.2, 0) is 6.42 Å². The second-order valence-corrected chi connectivity index (χ2v) is 5.10. The standard InChI is InChI=1S/C16H15ClF3N/c1-2-21-16(10-6-7-15(20)12(17)8-10)9-11-13(18)4-3-5-14(11)19/h3-8,16,21H,2,9H2,1H3. The molecule has 1 nitrogen and oxygen atoms in total. The van der Waals surface area contributed by atoms with Crippen LogP contribution in [0.3, 0.4) is 0 Å². The molecule has 0 aliphatic carbocycles. The van der Waals surface area contributed by atoms with E-state index < -0.39 is 17.5 Å². The minimum atomic E-state index is -0.592. The first-order valence-corrected chi connectivity index (χ1v) is 7.02. The average molecular weight is 314 g/mol. The van der Waals surface area contributed by atoms with Crippen LogP contribution in [0.1, 0.15) is 24.1 Å². The molecule has 0 saturated heterocycles. The maximum atomic E-state index is 13.8. The van der Waals surface area contributed by atoms with Crippen LogP contribution in [-0.4, -0.2) is 6.54 Å². The molecule has 2 aromatic carbocycles. The van der Waals surface area contributed by atoms with Crippen molar-refractivity contribution in [1.29, 1.82) is 0 Å². The number of hydrogen-bond donors (Lipinski definition) is 1. The van der Waals surface area contributed by atoms with Crippen molar-refractivity contribution in [3.05, 3.63) is 70.0 Å². The van der Waals surface area contributed by atoms with E-state index >= 15 is 0 Å². The first-order valence-electron chi connectivity index (χ1n) is 6.64. The molecule has 1 unspecified atom stereocenters. The Labute approximate surface area is 126 Å². The van der Waals surface area contributed by atoms with Crippen molar-refractivity contribution in [1.82, 2.24) is 5.32 Å². The molecular formula is C16H15ClF3N. The lowest BCUT2D eigenvalue weighted by Gasteiger charge is -2.19. The molecule has 0 aromatic heterocycles. The van der Waals surface area contributed by atoms with Crippen molar-refractivity contribution >= 4 is 11.6 Å². The van der Waals surface area contributed by atoms with Gasteiger partial charge in [0.25, 0.3) is 0 Å². The molecule has 0 spiro atoms. The third kappa shape index (κ3) is 3.77. The summed E-state index contributed by atoms with van der Waals surface area (Å²) in [7, 11) is 0. The lowest BCUT2D eigenvalue weighted by atomic mass is 9.98. The number of benzene rings is 2.